The molecule has 0 bridgehead atoms. The molecular weight excluding hydrogens is 360 g/mol. The molecule has 2 N–H and O–H groups in total. The van der Waals surface area contributed by atoms with Crippen LogP contribution in [0.1, 0.15) is 37.7 Å². The van der Waals surface area contributed by atoms with Crippen molar-refractivity contribution in [3.8, 4) is 0 Å². The van der Waals surface area contributed by atoms with E-state index < -0.39 is 21.5 Å². The van der Waals surface area contributed by atoms with Gasteiger partial charge in [0.1, 0.15) is 11.6 Å². The predicted molar refractivity (Wildman–Crippen MR) is 97.7 cm³/mol. The van der Waals surface area contributed by atoms with Crippen molar-refractivity contribution in [2.45, 2.75) is 44.7 Å². The molecule has 2 aliphatic rings. The van der Waals surface area contributed by atoms with Crippen LogP contribution in [-0.2, 0) is 16.4 Å². The minimum absolute atomic E-state index is 0.0715. The largest absolute Gasteiger partial charge is 0.356 e. The molecule has 0 aromatic heterocycles. The maximum Gasteiger partial charge on any atom is 0.191 e. The van der Waals surface area contributed by atoms with Gasteiger partial charge in [-0.3, -0.25) is 0 Å². The van der Waals surface area contributed by atoms with Gasteiger partial charge >= 0.3 is 0 Å². The first-order valence-corrected chi connectivity index (χ1v) is 10.9. The fraction of sp³-hybridized carbons (Fsp3) is 0.611. The van der Waals surface area contributed by atoms with Crippen molar-refractivity contribution < 1.29 is 17.2 Å². The van der Waals surface area contributed by atoms with Gasteiger partial charge in [-0.2, -0.15) is 0 Å². The standard InChI is InChI=1S/C18H25F2N3O2S/c19-15-7-14(8-16(20)9-15)11-22-18(23-17-3-1-2-4-17)21-10-13-5-6-26(24,25)12-13/h7-9,13,17H,1-6,10-12H2,(H2,21,22,23). The minimum Gasteiger partial charge on any atom is -0.356 e. The van der Waals surface area contributed by atoms with Gasteiger partial charge in [-0.15, -0.1) is 0 Å². The maximum atomic E-state index is 13.3. The van der Waals surface area contributed by atoms with E-state index in [1.165, 1.54) is 25.0 Å². The van der Waals surface area contributed by atoms with Gasteiger partial charge < -0.3 is 10.6 Å². The third-order valence-corrected chi connectivity index (χ3v) is 6.76. The quantitative estimate of drug-likeness (QED) is 0.603. The Hall–Kier alpha value is -1.70. The first kappa shape index (κ1) is 19.1. The lowest BCUT2D eigenvalue weighted by molar-refractivity contribution is 0.553. The van der Waals surface area contributed by atoms with Crippen molar-refractivity contribution in [2.75, 3.05) is 18.1 Å². The van der Waals surface area contributed by atoms with Gasteiger partial charge in [-0.05, 0) is 42.9 Å². The summed E-state index contributed by atoms with van der Waals surface area (Å²) in [6, 6.07) is 3.70. The van der Waals surface area contributed by atoms with Crippen LogP contribution in [0, 0.1) is 17.6 Å². The molecule has 1 aromatic rings. The lowest BCUT2D eigenvalue weighted by Crippen LogP contribution is -2.44. The third-order valence-electron chi connectivity index (χ3n) is 4.92. The summed E-state index contributed by atoms with van der Waals surface area (Å²) in [5, 5.41) is 6.57. The van der Waals surface area contributed by atoms with Crippen LogP contribution in [0.3, 0.4) is 0 Å². The lowest BCUT2D eigenvalue weighted by atomic mass is 10.1. The van der Waals surface area contributed by atoms with E-state index in [4.69, 9.17) is 0 Å². The molecule has 1 aliphatic heterocycles. The Balaban J connectivity index is 1.63. The molecule has 1 saturated carbocycles. The van der Waals surface area contributed by atoms with Crippen LogP contribution >= 0.6 is 0 Å². The predicted octanol–water partition coefficient (Wildman–Crippen LogP) is 2.38. The third kappa shape index (κ3) is 5.65. The molecule has 0 spiro atoms. The van der Waals surface area contributed by atoms with Crippen molar-refractivity contribution in [1.82, 2.24) is 10.6 Å². The van der Waals surface area contributed by atoms with Gasteiger partial charge in [0.05, 0.1) is 18.1 Å². The number of aliphatic imine (C=N–C) groups is 1. The van der Waals surface area contributed by atoms with E-state index in [-0.39, 0.29) is 24.0 Å². The number of guanidine groups is 1. The first-order valence-electron chi connectivity index (χ1n) is 9.10. The number of sulfone groups is 1. The van der Waals surface area contributed by atoms with E-state index in [2.05, 4.69) is 15.6 Å². The van der Waals surface area contributed by atoms with Gasteiger partial charge in [0.15, 0.2) is 15.8 Å². The van der Waals surface area contributed by atoms with Crippen LogP contribution in [0.4, 0.5) is 8.78 Å². The average molecular weight is 385 g/mol. The smallest absolute Gasteiger partial charge is 0.191 e. The van der Waals surface area contributed by atoms with E-state index in [1.807, 2.05) is 0 Å². The van der Waals surface area contributed by atoms with Crippen LogP contribution in [0.2, 0.25) is 0 Å². The molecule has 26 heavy (non-hydrogen) atoms. The Morgan fingerprint density at radius 3 is 2.42 bits per heavy atom. The van der Waals surface area contributed by atoms with Crippen LogP contribution in [0.25, 0.3) is 0 Å². The molecule has 1 aliphatic carbocycles. The highest BCUT2D eigenvalue weighted by Gasteiger charge is 2.28. The van der Waals surface area contributed by atoms with Crippen molar-refractivity contribution >= 4 is 15.8 Å². The monoisotopic (exact) mass is 385 g/mol. The Labute approximate surface area is 153 Å². The van der Waals surface area contributed by atoms with Crippen molar-refractivity contribution in [2.24, 2.45) is 10.9 Å². The van der Waals surface area contributed by atoms with Crippen molar-refractivity contribution in [3.63, 3.8) is 0 Å². The molecule has 0 amide bonds. The van der Waals surface area contributed by atoms with E-state index >= 15 is 0 Å². The molecule has 3 rings (SSSR count). The number of rotatable bonds is 5. The molecule has 0 radical (unpaired) electrons. The second-order valence-corrected chi connectivity index (χ2v) is 9.45. The number of hydrogen-bond acceptors (Lipinski definition) is 3. The molecule has 144 valence electrons. The molecule has 8 heteroatoms. The molecular formula is C18H25F2N3O2S. The van der Waals surface area contributed by atoms with Crippen LogP contribution < -0.4 is 10.6 Å². The fourth-order valence-corrected chi connectivity index (χ4v) is 5.42. The number of halogens is 2. The van der Waals surface area contributed by atoms with Gasteiger partial charge in [0.25, 0.3) is 0 Å². The summed E-state index contributed by atoms with van der Waals surface area (Å²) in [6.45, 7) is 0.676. The topological polar surface area (TPSA) is 70.6 Å². The van der Waals surface area contributed by atoms with E-state index in [9.17, 15) is 17.2 Å². The van der Waals surface area contributed by atoms with Crippen LogP contribution in [0.15, 0.2) is 23.2 Å². The zero-order valence-corrected chi connectivity index (χ0v) is 15.5. The fourth-order valence-electron chi connectivity index (χ4n) is 3.56. The minimum atomic E-state index is -2.91. The summed E-state index contributed by atoms with van der Waals surface area (Å²) < 4.78 is 49.8. The van der Waals surface area contributed by atoms with E-state index in [0.29, 0.717) is 30.5 Å². The number of benzene rings is 1. The molecule has 1 aromatic carbocycles. The highest BCUT2D eigenvalue weighted by molar-refractivity contribution is 7.91. The Bertz CT molecular complexity index is 741. The van der Waals surface area contributed by atoms with E-state index in [1.54, 1.807) is 0 Å². The summed E-state index contributed by atoms with van der Waals surface area (Å²) in [5.74, 6) is -0.154. The summed E-state index contributed by atoms with van der Waals surface area (Å²) in [5.41, 5.74) is 0.457. The Morgan fingerprint density at radius 1 is 1.12 bits per heavy atom. The normalized spacial score (nSPS) is 23.3. The van der Waals surface area contributed by atoms with Gasteiger partial charge in [-0.25, -0.2) is 22.2 Å². The van der Waals surface area contributed by atoms with Crippen molar-refractivity contribution in [3.05, 3.63) is 35.4 Å². The number of hydrogen-bond donors (Lipinski definition) is 2. The van der Waals surface area contributed by atoms with Gasteiger partial charge in [0, 0.05) is 18.7 Å². The summed E-state index contributed by atoms with van der Waals surface area (Å²) in [6.07, 6.45) is 5.11. The number of nitrogens with zero attached hydrogens (tertiary/aromatic N) is 1. The van der Waals surface area contributed by atoms with Gasteiger partial charge in [0.2, 0.25) is 0 Å². The molecule has 1 heterocycles. The molecule has 1 saturated heterocycles. The number of nitrogens with one attached hydrogen (secondary N) is 2. The summed E-state index contributed by atoms with van der Waals surface area (Å²) in [7, 11) is -2.91. The molecule has 2 fully saturated rings. The van der Waals surface area contributed by atoms with Crippen LogP contribution in [0.5, 0.6) is 0 Å². The molecule has 1 unspecified atom stereocenters. The first-order chi connectivity index (χ1) is 12.4. The lowest BCUT2D eigenvalue weighted by Gasteiger charge is -2.19. The summed E-state index contributed by atoms with van der Waals surface area (Å²) >= 11 is 0. The SMILES string of the molecule is O=S1(=O)CCC(CNC(=NCc2cc(F)cc(F)c2)NC2CCCC2)C1. The second kappa shape index (κ2) is 8.33. The Kier molecular flexibility index (Phi) is 6.11. The zero-order valence-electron chi connectivity index (χ0n) is 14.7. The van der Waals surface area contributed by atoms with E-state index in [0.717, 1.165) is 18.9 Å². The van der Waals surface area contributed by atoms with Crippen molar-refractivity contribution in [1.29, 1.82) is 0 Å². The highest BCUT2D eigenvalue weighted by Crippen LogP contribution is 2.19. The molecule has 5 nitrogen and oxygen atoms in total. The zero-order chi connectivity index (χ0) is 18.6. The Morgan fingerprint density at radius 2 is 1.81 bits per heavy atom. The van der Waals surface area contributed by atoms with Gasteiger partial charge in [-0.1, -0.05) is 12.8 Å². The maximum absolute atomic E-state index is 13.3. The van der Waals surface area contributed by atoms with Crippen LogP contribution in [-0.4, -0.2) is 38.5 Å². The summed E-state index contributed by atoms with van der Waals surface area (Å²) in [4.78, 5) is 4.45. The molecule has 1 atom stereocenters. The highest BCUT2D eigenvalue weighted by atomic mass is 32.2. The average Bonchev–Trinajstić information content (AvgIpc) is 3.18. The second-order valence-electron chi connectivity index (χ2n) is 7.22.